The maximum atomic E-state index is 12.0. The Morgan fingerprint density at radius 1 is 1.05 bits per heavy atom. The third-order valence-electron chi connectivity index (χ3n) is 3.64. The third-order valence-corrected chi connectivity index (χ3v) is 3.64. The number of rotatable bonds is 8. The van der Waals surface area contributed by atoms with Gasteiger partial charge in [0.1, 0.15) is 0 Å². The van der Waals surface area contributed by atoms with Crippen molar-refractivity contribution in [3.63, 3.8) is 0 Å². The average Bonchev–Trinajstić information content (AvgIpc) is 2.54. The van der Waals surface area contributed by atoms with E-state index >= 15 is 0 Å². The van der Waals surface area contributed by atoms with E-state index < -0.39 is 5.91 Å². The summed E-state index contributed by atoms with van der Waals surface area (Å²) in [5.41, 5.74) is 1.29. The molecule has 0 bridgehead atoms. The molecule has 116 valence electrons. The highest BCUT2D eigenvalue weighted by molar-refractivity contribution is 6.41. The minimum Gasteiger partial charge on any atom is -0.318 e. The van der Waals surface area contributed by atoms with Crippen LogP contribution in [0, 0.1) is 0 Å². The first-order valence-electron chi connectivity index (χ1n) is 7.90. The molecule has 22 heavy (non-hydrogen) atoms. The van der Waals surface area contributed by atoms with Crippen LogP contribution in [-0.4, -0.2) is 16.7 Å². The van der Waals surface area contributed by atoms with Crippen molar-refractivity contribution >= 4 is 28.3 Å². The van der Waals surface area contributed by atoms with Crippen LogP contribution in [0.15, 0.2) is 36.5 Å². The number of benzene rings is 1. The van der Waals surface area contributed by atoms with E-state index in [1.807, 2.05) is 24.3 Å². The van der Waals surface area contributed by atoms with Crippen LogP contribution in [0.25, 0.3) is 10.9 Å². The van der Waals surface area contributed by atoms with Crippen LogP contribution in [0.3, 0.4) is 0 Å². The Hall–Kier alpha value is -2.23. The van der Waals surface area contributed by atoms with Crippen molar-refractivity contribution in [2.24, 2.45) is 0 Å². The molecule has 0 atom stereocenters. The number of hydrogen-bond acceptors (Lipinski definition) is 3. The molecule has 1 amide bonds. The topological polar surface area (TPSA) is 59.1 Å². The number of carbonyl (C=O) groups is 2. The second-order valence-electron chi connectivity index (χ2n) is 5.42. The van der Waals surface area contributed by atoms with E-state index in [2.05, 4.69) is 17.2 Å². The van der Waals surface area contributed by atoms with E-state index in [1.165, 1.54) is 12.8 Å². The maximum absolute atomic E-state index is 12.0. The highest BCUT2D eigenvalue weighted by Gasteiger charge is 2.14. The summed E-state index contributed by atoms with van der Waals surface area (Å²) >= 11 is 0. The molecule has 4 nitrogen and oxygen atoms in total. The van der Waals surface area contributed by atoms with Gasteiger partial charge in [-0.05, 0) is 18.6 Å². The predicted molar refractivity (Wildman–Crippen MR) is 88.8 cm³/mol. The van der Waals surface area contributed by atoms with Gasteiger partial charge in [0.15, 0.2) is 0 Å². The van der Waals surface area contributed by atoms with E-state index in [-0.39, 0.29) is 5.78 Å². The number of Topliss-reactive ketones (excluding diaryl/α,β-unsaturated/α-hetero) is 1. The van der Waals surface area contributed by atoms with Crippen molar-refractivity contribution in [2.75, 3.05) is 5.32 Å². The van der Waals surface area contributed by atoms with Crippen LogP contribution in [0.2, 0.25) is 0 Å². The van der Waals surface area contributed by atoms with Crippen molar-refractivity contribution in [1.29, 1.82) is 0 Å². The van der Waals surface area contributed by atoms with Crippen molar-refractivity contribution in [1.82, 2.24) is 4.98 Å². The normalized spacial score (nSPS) is 10.6. The molecule has 0 unspecified atom stereocenters. The van der Waals surface area contributed by atoms with Crippen molar-refractivity contribution in [2.45, 2.75) is 45.4 Å². The largest absolute Gasteiger partial charge is 0.318 e. The number of carbonyl (C=O) groups excluding carboxylic acids is 2. The summed E-state index contributed by atoms with van der Waals surface area (Å²) in [5.74, 6) is -0.905. The number of ketones is 1. The fourth-order valence-corrected chi connectivity index (χ4v) is 2.40. The van der Waals surface area contributed by atoms with Gasteiger partial charge < -0.3 is 5.32 Å². The number of unbranched alkanes of at least 4 members (excludes halogenated alkanes) is 4. The van der Waals surface area contributed by atoms with Crippen LogP contribution >= 0.6 is 0 Å². The highest BCUT2D eigenvalue weighted by atomic mass is 16.2. The Labute approximate surface area is 130 Å². The lowest BCUT2D eigenvalue weighted by Crippen LogP contribution is -2.22. The number of fused-ring (bicyclic) bond motifs is 1. The second kappa shape index (κ2) is 8.27. The van der Waals surface area contributed by atoms with E-state index in [9.17, 15) is 9.59 Å². The predicted octanol–water partition coefficient (Wildman–Crippen LogP) is 4.10. The Bertz CT molecular complexity index is 647. The van der Waals surface area contributed by atoms with Gasteiger partial charge in [0.05, 0.1) is 11.2 Å². The van der Waals surface area contributed by atoms with Crippen LogP contribution in [-0.2, 0) is 9.59 Å². The van der Waals surface area contributed by atoms with Gasteiger partial charge in [0.25, 0.3) is 5.91 Å². The van der Waals surface area contributed by atoms with Gasteiger partial charge >= 0.3 is 0 Å². The molecule has 0 aliphatic rings. The van der Waals surface area contributed by atoms with Crippen LogP contribution in [0.5, 0.6) is 0 Å². The standard InChI is InChI=1S/C18H22N2O2/c1-2-3-4-5-6-12-16(21)18(22)20-15-11-7-9-14-10-8-13-19-17(14)15/h7-11,13H,2-6,12H2,1H3,(H,20,22). The van der Waals surface area contributed by atoms with Gasteiger partial charge in [-0.25, -0.2) is 0 Å². The molecule has 2 rings (SSSR count). The lowest BCUT2D eigenvalue weighted by atomic mass is 10.1. The zero-order valence-corrected chi connectivity index (χ0v) is 13.0. The number of nitrogens with zero attached hydrogens (tertiary/aromatic N) is 1. The van der Waals surface area contributed by atoms with Crippen LogP contribution in [0.4, 0.5) is 5.69 Å². The average molecular weight is 298 g/mol. The van der Waals surface area contributed by atoms with E-state index in [0.29, 0.717) is 17.6 Å². The maximum Gasteiger partial charge on any atom is 0.291 e. The van der Waals surface area contributed by atoms with E-state index in [0.717, 1.165) is 24.6 Å². The Balaban J connectivity index is 1.92. The summed E-state index contributed by atoms with van der Waals surface area (Å²) < 4.78 is 0. The lowest BCUT2D eigenvalue weighted by molar-refractivity contribution is -0.134. The molecule has 1 aromatic heterocycles. The first-order valence-corrected chi connectivity index (χ1v) is 7.90. The first-order chi connectivity index (χ1) is 10.7. The van der Waals surface area contributed by atoms with Crippen molar-refractivity contribution in [3.8, 4) is 0 Å². The molecule has 1 N–H and O–H groups in total. The monoisotopic (exact) mass is 298 g/mol. The van der Waals surface area contributed by atoms with E-state index in [1.54, 1.807) is 12.3 Å². The van der Waals surface area contributed by atoms with Crippen molar-refractivity contribution in [3.05, 3.63) is 36.5 Å². The molecule has 0 fully saturated rings. The Kier molecular flexibility index (Phi) is 6.07. The lowest BCUT2D eigenvalue weighted by Gasteiger charge is -2.07. The van der Waals surface area contributed by atoms with Gasteiger partial charge in [-0.15, -0.1) is 0 Å². The minimum absolute atomic E-state index is 0.313. The summed E-state index contributed by atoms with van der Waals surface area (Å²) in [4.78, 5) is 28.1. The zero-order chi connectivity index (χ0) is 15.8. The number of pyridine rings is 1. The summed E-state index contributed by atoms with van der Waals surface area (Å²) in [5, 5.41) is 3.62. The number of nitrogens with one attached hydrogen (secondary N) is 1. The Morgan fingerprint density at radius 3 is 2.64 bits per heavy atom. The molecular formula is C18H22N2O2. The fraction of sp³-hybridized carbons (Fsp3) is 0.389. The molecule has 0 spiro atoms. The SMILES string of the molecule is CCCCCCCC(=O)C(=O)Nc1cccc2cccnc12. The fourth-order valence-electron chi connectivity index (χ4n) is 2.40. The number of amides is 1. The van der Waals surface area contributed by atoms with Gasteiger partial charge in [0, 0.05) is 18.0 Å². The van der Waals surface area contributed by atoms with Gasteiger partial charge in [0.2, 0.25) is 5.78 Å². The summed E-state index contributed by atoms with van der Waals surface area (Å²) in [6.45, 7) is 2.15. The molecule has 0 aliphatic heterocycles. The molecule has 0 saturated carbocycles. The quantitative estimate of drug-likeness (QED) is 0.589. The number of aromatic nitrogens is 1. The molecule has 0 radical (unpaired) electrons. The van der Waals surface area contributed by atoms with Crippen LogP contribution in [0.1, 0.15) is 45.4 Å². The molecule has 0 saturated heterocycles. The summed E-state index contributed by atoms with van der Waals surface area (Å²) in [7, 11) is 0. The van der Waals surface area contributed by atoms with Gasteiger partial charge in [-0.1, -0.05) is 50.8 Å². The molecule has 1 aromatic carbocycles. The number of hydrogen-bond donors (Lipinski definition) is 1. The number of anilines is 1. The van der Waals surface area contributed by atoms with Crippen molar-refractivity contribution < 1.29 is 9.59 Å². The summed E-state index contributed by atoms with van der Waals surface area (Å²) in [6, 6.07) is 9.30. The minimum atomic E-state index is -0.548. The molecule has 1 heterocycles. The zero-order valence-electron chi connectivity index (χ0n) is 13.0. The first kappa shape index (κ1) is 16.1. The second-order valence-corrected chi connectivity index (χ2v) is 5.42. The summed E-state index contributed by atoms with van der Waals surface area (Å²) in [6.07, 6.45) is 7.24. The smallest absolute Gasteiger partial charge is 0.291 e. The number of para-hydroxylation sites is 1. The molecular weight excluding hydrogens is 276 g/mol. The molecule has 4 heteroatoms. The van der Waals surface area contributed by atoms with Crippen LogP contribution < -0.4 is 5.32 Å². The van der Waals surface area contributed by atoms with Gasteiger partial charge in [-0.2, -0.15) is 0 Å². The van der Waals surface area contributed by atoms with Gasteiger partial charge in [-0.3, -0.25) is 14.6 Å². The Morgan fingerprint density at radius 2 is 1.82 bits per heavy atom. The van der Waals surface area contributed by atoms with E-state index in [4.69, 9.17) is 0 Å². The molecule has 0 aliphatic carbocycles. The third kappa shape index (κ3) is 4.38. The molecule has 2 aromatic rings. The highest BCUT2D eigenvalue weighted by Crippen LogP contribution is 2.20.